The SMILES string of the molecule is CC(C)(C)N(CC(=O)O)c1nncc2ccccc12. The number of benzene rings is 1. The lowest BCUT2D eigenvalue weighted by Crippen LogP contribution is -2.45. The van der Waals surface area contributed by atoms with Crippen molar-refractivity contribution in [1.29, 1.82) is 0 Å². The molecule has 19 heavy (non-hydrogen) atoms. The highest BCUT2D eigenvalue weighted by atomic mass is 16.4. The molecular weight excluding hydrogens is 242 g/mol. The molecule has 0 saturated heterocycles. The molecule has 0 aliphatic carbocycles. The summed E-state index contributed by atoms with van der Waals surface area (Å²) in [6, 6.07) is 7.70. The summed E-state index contributed by atoms with van der Waals surface area (Å²) in [5, 5.41) is 19.1. The van der Waals surface area contributed by atoms with Crippen LogP contribution in [0.4, 0.5) is 5.82 Å². The Kier molecular flexibility index (Phi) is 3.38. The molecule has 0 amide bonds. The van der Waals surface area contributed by atoms with Crippen LogP contribution in [0.3, 0.4) is 0 Å². The zero-order chi connectivity index (χ0) is 14.0. The van der Waals surface area contributed by atoms with Crippen molar-refractivity contribution in [1.82, 2.24) is 10.2 Å². The van der Waals surface area contributed by atoms with Crippen LogP contribution in [0.5, 0.6) is 0 Å². The van der Waals surface area contributed by atoms with Gasteiger partial charge in [-0.3, -0.25) is 4.79 Å². The van der Waals surface area contributed by atoms with Crippen molar-refractivity contribution in [2.45, 2.75) is 26.3 Å². The molecule has 0 bridgehead atoms. The van der Waals surface area contributed by atoms with Gasteiger partial charge in [0.15, 0.2) is 5.82 Å². The molecule has 0 fully saturated rings. The number of rotatable bonds is 3. The first kappa shape index (κ1) is 13.3. The number of nitrogens with zero attached hydrogens (tertiary/aromatic N) is 3. The van der Waals surface area contributed by atoms with E-state index in [-0.39, 0.29) is 12.1 Å². The third-order valence-electron chi connectivity index (χ3n) is 2.91. The summed E-state index contributed by atoms with van der Waals surface area (Å²) in [7, 11) is 0. The van der Waals surface area contributed by atoms with Gasteiger partial charge in [0.1, 0.15) is 6.54 Å². The Morgan fingerprint density at radius 2 is 2.00 bits per heavy atom. The van der Waals surface area contributed by atoms with E-state index in [1.54, 1.807) is 11.1 Å². The Bertz CT molecular complexity index is 600. The van der Waals surface area contributed by atoms with Crippen LogP contribution >= 0.6 is 0 Å². The summed E-state index contributed by atoms with van der Waals surface area (Å²) in [5.41, 5.74) is -0.350. The third kappa shape index (κ3) is 2.81. The summed E-state index contributed by atoms with van der Waals surface area (Å²) in [4.78, 5) is 12.8. The second-order valence-electron chi connectivity index (χ2n) is 5.41. The molecule has 0 spiro atoms. The third-order valence-corrected chi connectivity index (χ3v) is 2.91. The van der Waals surface area contributed by atoms with E-state index in [1.807, 2.05) is 45.0 Å². The molecule has 100 valence electrons. The van der Waals surface area contributed by atoms with Gasteiger partial charge in [0.25, 0.3) is 0 Å². The smallest absolute Gasteiger partial charge is 0.323 e. The summed E-state index contributed by atoms with van der Waals surface area (Å²) in [6.07, 6.45) is 1.68. The number of aliphatic carboxylic acids is 1. The van der Waals surface area contributed by atoms with E-state index in [0.29, 0.717) is 5.82 Å². The van der Waals surface area contributed by atoms with Crippen LogP contribution in [0, 0.1) is 0 Å². The normalized spacial score (nSPS) is 11.5. The standard InChI is InChI=1S/C14H17N3O2/c1-14(2,3)17(9-12(18)19)13-11-7-5-4-6-10(11)8-15-16-13/h4-8H,9H2,1-3H3,(H,18,19). The van der Waals surface area contributed by atoms with E-state index < -0.39 is 5.97 Å². The van der Waals surface area contributed by atoms with Crippen molar-refractivity contribution < 1.29 is 9.90 Å². The minimum absolute atomic E-state index is 0.105. The molecule has 2 aromatic rings. The van der Waals surface area contributed by atoms with Gasteiger partial charge in [-0.2, -0.15) is 5.10 Å². The summed E-state index contributed by atoms with van der Waals surface area (Å²) in [5.74, 6) is -0.280. The molecule has 1 N–H and O–H groups in total. The number of hydrogen-bond acceptors (Lipinski definition) is 4. The number of anilines is 1. The fraction of sp³-hybridized carbons (Fsp3) is 0.357. The average molecular weight is 259 g/mol. The van der Waals surface area contributed by atoms with E-state index in [1.165, 1.54) is 0 Å². The lowest BCUT2D eigenvalue weighted by molar-refractivity contribution is -0.135. The second-order valence-corrected chi connectivity index (χ2v) is 5.41. The Morgan fingerprint density at radius 3 is 2.63 bits per heavy atom. The van der Waals surface area contributed by atoms with Crippen LogP contribution in [0.2, 0.25) is 0 Å². The molecule has 0 aliphatic rings. The first-order chi connectivity index (χ1) is 8.89. The molecule has 0 aliphatic heterocycles. The summed E-state index contributed by atoms with van der Waals surface area (Å²) >= 11 is 0. The Balaban J connectivity index is 2.59. The zero-order valence-electron chi connectivity index (χ0n) is 11.3. The van der Waals surface area contributed by atoms with Crippen LogP contribution in [0.1, 0.15) is 20.8 Å². The topological polar surface area (TPSA) is 66.3 Å². The molecule has 5 nitrogen and oxygen atoms in total. The molecule has 1 aromatic carbocycles. The largest absolute Gasteiger partial charge is 0.480 e. The number of carbonyl (C=O) groups is 1. The quantitative estimate of drug-likeness (QED) is 0.916. The molecule has 1 aromatic heterocycles. The van der Waals surface area contributed by atoms with Crippen molar-refractivity contribution in [2.24, 2.45) is 0 Å². The van der Waals surface area contributed by atoms with Gasteiger partial charge in [0.2, 0.25) is 0 Å². The fourth-order valence-electron chi connectivity index (χ4n) is 1.98. The Hall–Kier alpha value is -2.17. The van der Waals surface area contributed by atoms with Gasteiger partial charge >= 0.3 is 5.97 Å². The van der Waals surface area contributed by atoms with Crippen molar-refractivity contribution in [3.8, 4) is 0 Å². The molecule has 0 unspecified atom stereocenters. The first-order valence-electron chi connectivity index (χ1n) is 6.09. The maximum atomic E-state index is 11.1. The average Bonchev–Trinajstić information content (AvgIpc) is 2.34. The van der Waals surface area contributed by atoms with Gasteiger partial charge < -0.3 is 10.0 Å². The lowest BCUT2D eigenvalue weighted by Gasteiger charge is -2.35. The highest BCUT2D eigenvalue weighted by molar-refractivity contribution is 5.92. The van der Waals surface area contributed by atoms with Crippen molar-refractivity contribution >= 4 is 22.6 Å². The van der Waals surface area contributed by atoms with Crippen molar-refractivity contribution in [3.05, 3.63) is 30.5 Å². The van der Waals surface area contributed by atoms with Crippen molar-refractivity contribution in [2.75, 3.05) is 11.4 Å². The van der Waals surface area contributed by atoms with Crippen LogP contribution in [-0.4, -0.2) is 33.4 Å². The maximum absolute atomic E-state index is 11.1. The summed E-state index contributed by atoms with van der Waals surface area (Å²) < 4.78 is 0. The zero-order valence-corrected chi connectivity index (χ0v) is 11.3. The van der Waals surface area contributed by atoms with Crippen LogP contribution in [-0.2, 0) is 4.79 Å². The maximum Gasteiger partial charge on any atom is 0.323 e. The van der Waals surface area contributed by atoms with E-state index in [2.05, 4.69) is 10.2 Å². The van der Waals surface area contributed by atoms with Crippen LogP contribution in [0.25, 0.3) is 10.8 Å². The minimum atomic E-state index is -0.885. The van der Waals surface area contributed by atoms with Crippen LogP contribution < -0.4 is 4.90 Å². The van der Waals surface area contributed by atoms with Gasteiger partial charge in [0.05, 0.1) is 6.20 Å². The molecular formula is C14H17N3O2. The van der Waals surface area contributed by atoms with E-state index in [4.69, 9.17) is 5.11 Å². The van der Waals surface area contributed by atoms with E-state index >= 15 is 0 Å². The first-order valence-corrected chi connectivity index (χ1v) is 6.09. The fourth-order valence-corrected chi connectivity index (χ4v) is 1.98. The highest BCUT2D eigenvalue weighted by Gasteiger charge is 2.26. The molecule has 0 saturated carbocycles. The predicted octanol–water partition coefficient (Wildman–Crippen LogP) is 2.32. The van der Waals surface area contributed by atoms with Crippen LogP contribution in [0.15, 0.2) is 30.5 Å². The van der Waals surface area contributed by atoms with Gasteiger partial charge in [-0.15, -0.1) is 5.10 Å². The van der Waals surface area contributed by atoms with Gasteiger partial charge in [-0.05, 0) is 20.8 Å². The monoisotopic (exact) mass is 259 g/mol. The molecule has 1 heterocycles. The molecule has 2 rings (SSSR count). The Labute approximate surface area is 111 Å². The van der Waals surface area contributed by atoms with Gasteiger partial charge in [-0.1, -0.05) is 24.3 Å². The molecule has 0 atom stereocenters. The number of aromatic nitrogens is 2. The minimum Gasteiger partial charge on any atom is -0.480 e. The Morgan fingerprint density at radius 1 is 1.32 bits per heavy atom. The van der Waals surface area contributed by atoms with Crippen molar-refractivity contribution in [3.63, 3.8) is 0 Å². The predicted molar refractivity (Wildman–Crippen MR) is 74.3 cm³/mol. The number of carboxylic acid groups (broad SMARTS) is 1. The highest BCUT2D eigenvalue weighted by Crippen LogP contribution is 2.28. The second kappa shape index (κ2) is 4.84. The van der Waals surface area contributed by atoms with Gasteiger partial charge in [0, 0.05) is 16.3 Å². The van der Waals surface area contributed by atoms with E-state index in [0.717, 1.165) is 10.8 Å². The van der Waals surface area contributed by atoms with E-state index in [9.17, 15) is 4.79 Å². The van der Waals surface area contributed by atoms with Gasteiger partial charge in [-0.25, -0.2) is 0 Å². The number of hydrogen-bond donors (Lipinski definition) is 1. The summed E-state index contributed by atoms with van der Waals surface area (Å²) in [6.45, 7) is 5.77. The molecule has 5 heteroatoms. The molecule has 0 radical (unpaired) electrons. The lowest BCUT2D eigenvalue weighted by atomic mass is 10.0. The number of fused-ring (bicyclic) bond motifs is 1. The number of carboxylic acids is 1.